The summed E-state index contributed by atoms with van der Waals surface area (Å²) < 4.78 is 0. The van der Waals surface area contributed by atoms with Crippen molar-refractivity contribution in [1.29, 1.82) is 0 Å². The molecule has 4 heteroatoms. The predicted molar refractivity (Wildman–Crippen MR) is 82.0 cm³/mol. The Morgan fingerprint density at radius 1 is 1.40 bits per heavy atom. The molecule has 20 heavy (non-hydrogen) atoms. The van der Waals surface area contributed by atoms with E-state index in [4.69, 9.17) is 11.6 Å². The zero-order valence-corrected chi connectivity index (χ0v) is 12.2. The van der Waals surface area contributed by atoms with Crippen molar-refractivity contribution in [1.82, 2.24) is 10.3 Å². The van der Waals surface area contributed by atoms with E-state index in [0.717, 1.165) is 22.3 Å². The van der Waals surface area contributed by atoms with Crippen LogP contribution >= 0.6 is 11.6 Å². The summed E-state index contributed by atoms with van der Waals surface area (Å²) in [5, 5.41) is 4.90. The summed E-state index contributed by atoms with van der Waals surface area (Å²) in [5.74, 6) is 0.814. The summed E-state index contributed by atoms with van der Waals surface area (Å²) in [6.45, 7) is 0.686. The van der Waals surface area contributed by atoms with Crippen LogP contribution in [0.15, 0.2) is 24.4 Å². The van der Waals surface area contributed by atoms with Crippen LogP contribution in [0, 0.1) is 5.92 Å². The third kappa shape index (κ3) is 2.98. The zero-order chi connectivity index (χ0) is 13.9. The summed E-state index contributed by atoms with van der Waals surface area (Å²) in [5.41, 5.74) is 2.29. The molecule has 2 aromatic rings. The van der Waals surface area contributed by atoms with E-state index >= 15 is 0 Å². The van der Waals surface area contributed by atoms with E-state index in [9.17, 15) is 4.79 Å². The first-order valence-corrected chi connectivity index (χ1v) is 7.62. The third-order valence-corrected chi connectivity index (χ3v) is 4.38. The molecule has 106 valence electrons. The normalized spacial score (nSPS) is 15.2. The van der Waals surface area contributed by atoms with Crippen LogP contribution in [0.3, 0.4) is 0 Å². The fraction of sp³-hybridized carbons (Fsp3) is 0.438. The SMILES string of the molecule is O=C(CC1CCC1)NCCc1c[nH]c2ccc(Cl)cc12. The standard InChI is InChI=1S/C16H19ClN2O/c17-13-4-5-15-14(9-13)12(10-19-15)6-7-18-16(20)8-11-2-1-3-11/h4-5,9-11,19H,1-3,6-8H2,(H,18,20). The molecule has 3 nitrogen and oxygen atoms in total. The molecule has 1 fully saturated rings. The molecule has 0 aliphatic heterocycles. The van der Waals surface area contributed by atoms with Gasteiger partial charge in [0.1, 0.15) is 0 Å². The van der Waals surface area contributed by atoms with Crippen LogP contribution < -0.4 is 5.32 Å². The first-order valence-electron chi connectivity index (χ1n) is 7.24. The van der Waals surface area contributed by atoms with Gasteiger partial charge in [0.2, 0.25) is 5.91 Å². The average Bonchev–Trinajstić information content (AvgIpc) is 2.77. The lowest BCUT2D eigenvalue weighted by molar-refractivity contribution is -0.122. The van der Waals surface area contributed by atoms with Gasteiger partial charge in [-0.05, 0) is 48.9 Å². The lowest BCUT2D eigenvalue weighted by Gasteiger charge is -2.24. The number of benzene rings is 1. The number of rotatable bonds is 5. The molecule has 0 unspecified atom stereocenters. The van der Waals surface area contributed by atoms with E-state index < -0.39 is 0 Å². The first kappa shape index (κ1) is 13.5. The van der Waals surface area contributed by atoms with Crippen molar-refractivity contribution in [3.05, 3.63) is 35.0 Å². The largest absolute Gasteiger partial charge is 0.361 e. The molecule has 0 radical (unpaired) electrons. The van der Waals surface area contributed by atoms with Crippen LogP contribution in [-0.2, 0) is 11.2 Å². The maximum absolute atomic E-state index is 11.8. The molecule has 1 amide bonds. The van der Waals surface area contributed by atoms with Crippen molar-refractivity contribution in [2.45, 2.75) is 32.1 Å². The Balaban J connectivity index is 1.54. The Morgan fingerprint density at radius 2 is 2.25 bits per heavy atom. The van der Waals surface area contributed by atoms with Crippen LogP contribution in [0.2, 0.25) is 5.02 Å². The Kier molecular flexibility index (Phi) is 3.97. The van der Waals surface area contributed by atoms with E-state index in [1.165, 1.54) is 24.8 Å². The molecule has 1 aromatic heterocycles. The molecule has 0 bridgehead atoms. The number of amides is 1. The van der Waals surface area contributed by atoms with Gasteiger partial charge in [-0.25, -0.2) is 0 Å². The highest BCUT2D eigenvalue weighted by atomic mass is 35.5. The second-order valence-electron chi connectivity index (χ2n) is 5.60. The number of hydrogen-bond acceptors (Lipinski definition) is 1. The van der Waals surface area contributed by atoms with Gasteiger partial charge in [0.25, 0.3) is 0 Å². The molecular formula is C16H19ClN2O. The Morgan fingerprint density at radius 3 is 3.00 bits per heavy atom. The summed E-state index contributed by atoms with van der Waals surface area (Å²) >= 11 is 6.03. The fourth-order valence-corrected chi connectivity index (χ4v) is 2.90. The summed E-state index contributed by atoms with van der Waals surface area (Å²) in [6, 6.07) is 5.83. The van der Waals surface area contributed by atoms with Crippen LogP contribution in [-0.4, -0.2) is 17.4 Å². The number of carbonyl (C=O) groups excluding carboxylic acids is 1. The number of nitrogens with one attached hydrogen (secondary N) is 2. The highest BCUT2D eigenvalue weighted by Crippen LogP contribution is 2.29. The second-order valence-corrected chi connectivity index (χ2v) is 6.04. The molecular weight excluding hydrogens is 272 g/mol. The van der Waals surface area contributed by atoms with Crippen LogP contribution in [0.5, 0.6) is 0 Å². The van der Waals surface area contributed by atoms with Crippen molar-refractivity contribution < 1.29 is 4.79 Å². The first-order chi connectivity index (χ1) is 9.72. The highest BCUT2D eigenvalue weighted by molar-refractivity contribution is 6.31. The monoisotopic (exact) mass is 290 g/mol. The second kappa shape index (κ2) is 5.88. The number of hydrogen-bond donors (Lipinski definition) is 2. The lowest BCUT2D eigenvalue weighted by Crippen LogP contribution is -2.29. The average molecular weight is 291 g/mol. The Hall–Kier alpha value is -1.48. The van der Waals surface area contributed by atoms with E-state index in [1.54, 1.807) is 0 Å². The molecule has 0 saturated heterocycles. The lowest BCUT2D eigenvalue weighted by atomic mass is 9.83. The van der Waals surface area contributed by atoms with Gasteiger partial charge in [-0.15, -0.1) is 0 Å². The van der Waals surface area contributed by atoms with Crippen molar-refractivity contribution in [2.75, 3.05) is 6.54 Å². The Bertz CT molecular complexity index is 616. The molecule has 2 N–H and O–H groups in total. The van der Waals surface area contributed by atoms with Gasteiger partial charge in [-0.3, -0.25) is 4.79 Å². The Labute approximate surface area is 123 Å². The van der Waals surface area contributed by atoms with E-state index in [2.05, 4.69) is 10.3 Å². The van der Waals surface area contributed by atoms with Crippen LogP contribution in [0.25, 0.3) is 10.9 Å². The van der Waals surface area contributed by atoms with Gasteiger partial charge in [0.15, 0.2) is 0 Å². The van der Waals surface area contributed by atoms with Crippen molar-refractivity contribution >= 4 is 28.4 Å². The van der Waals surface area contributed by atoms with Gasteiger partial charge in [0.05, 0.1) is 0 Å². The van der Waals surface area contributed by atoms with Gasteiger partial charge < -0.3 is 10.3 Å². The number of aromatic amines is 1. The van der Waals surface area contributed by atoms with Gasteiger partial charge >= 0.3 is 0 Å². The fourth-order valence-electron chi connectivity index (χ4n) is 2.73. The van der Waals surface area contributed by atoms with Crippen LogP contribution in [0.1, 0.15) is 31.2 Å². The van der Waals surface area contributed by atoms with Gasteiger partial charge in [-0.1, -0.05) is 18.0 Å². The zero-order valence-electron chi connectivity index (χ0n) is 11.4. The molecule has 3 rings (SSSR count). The van der Waals surface area contributed by atoms with E-state index in [0.29, 0.717) is 18.9 Å². The number of aromatic nitrogens is 1. The summed E-state index contributed by atoms with van der Waals surface area (Å²) in [4.78, 5) is 15.0. The highest BCUT2D eigenvalue weighted by Gasteiger charge is 2.20. The topological polar surface area (TPSA) is 44.9 Å². The quantitative estimate of drug-likeness (QED) is 0.867. The molecule has 1 heterocycles. The molecule has 1 aliphatic carbocycles. The number of H-pyrrole nitrogens is 1. The minimum absolute atomic E-state index is 0.188. The number of halogens is 1. The van der Waals surface area contributed by atoms with Crippen molar-refractivity contribution in [3.63, 3.8) is 0 Å². The number of carbonyl (C=O) groups is 1. The molecule has 1 aliphatic rings. The van der Waals surface area contributed by atoms with Gasteiger partial charge in [0, 0.05) is 35.1 Å². The molecule has 0 atom stereocenters. The summed E-state index contributed by atoms with van der Waals surface area (Å²) in [6.07, 6.45) is 7.24. The molecule has 1 saturated carbocycles. The molecule has 1 aromatic carbocycles. The van der Waals surface area contributed by atoms with Crippen molar-refractivity contribution in [3.8, 4) is 0 Å². The minimum atomic E-state index is 0.188. The van der Waals surface area contributed by atoms with E-state index in [1.807, 2.05) is 24.4 Å². The third-order valence-electron chi connectivity index (χ3n) is 4.14. The van der Waals surface area contributed by atoms with E-state index in [-0.39, 0.29) is 5.91 Å². The van der Waals surface area contributed by atoms with Crippen molar-refractivity contribution in [2.24, 2.45) is 5.92 Å². The maximum atomic E-state index is 11.8. The van der Waals surface area contributed by atoms with Crippen LogP contribution in [0.4, 0.5) is 0 Å². The summed E-state index contributed by atoms with van der Waals surface area (Å²) in [7, 11) is 0. The minimum Gasteiger partial charge on any atom is -0.361 e. The van der Waals surface area contributed by atoms with Gasteiger partial charge in [-0.2, -0.15) is 0 Å². The smallest absolute Gasteiger partial charge is 0.220 e. The molecule has 0 spiro atoms. The number of fused-ring (bicyclic) bond motifs is 1. The predicted octanol–water partition coefficient (Wildman–Crippen LogP) is 3.67. The maximum Gasteiger partial charge on any atom is 0.220 e.